The van der Waals surface area contributed by atoms with Gasteiger partial charge < -0.3 is 10.1 Å². The van der Waals surface area contributed by atoms with Crippen molar-refractivity contribution in [3.63, 3.8) is 0 Å². The minimum Gasteiger partial charge on any atom is -0.491 e. The molecule has 0 radical (unpaired) electrons. The Morgan fingerprint density at radius 2 is 1.84 bits per heavy atom. The maximum Gasteiger partial charge on any atom is 0.346 e. The lowest BCUT2D eigenvalue weighted by molar-refractivity contribution is -0.122. The van der Waals surface area contributed by atoms with Gasteiger partial charge in [0.1, 0.15) is 18.9 Å². The molecule has 0 spiro atoms. The fraction of sp³-hybridized carbons (Fsp3) is 0.375. The average Bonchev–Trinajstić information content (AvgIpc) is 3.53. The van der Waals surface area contributed by atoms with Gasteiger partial charge in [0.15, 0.2) is 5.82 Å². The molecule has 1 N–H and O–H groups in total. The topological polar surface area (TPSA) is 78.2 Å². The number of ether oxygens (including phenoxy) is 1. The number of nitrogens with zero attached hydrogens (tertiary/aromatic N) is 3. The number of rotatable bonds is 8. The summed E-state index contributed by atoms with van der Waals surface area (Å²) in [6, 6.07) is 13.1. The van der Waals surface area contributed by atoms with Crippen molar-refractivity contribution in [3.05, 3.63) is 69.1 Å². The molecule has 7 nitrogen and oxygen atoms in total. The highest BCUT2D eigenvalue weighted by atomic mass is 35.5. The van der Waals surface area contributed by atoms with Gasteiger partial charge in [-0.2, -0.15) is 0 Å². The van der Waals surface area contributed by atoms with Gasteiger partial charge in [0, 0.05) is 16.6 Å². The van der Waals surface area contributed by atoms with Gasteiger partial charge in [0.05, 0.1) is 6.04 Å². The third-order valence-electron chi connectivity index (χ3n) is 5.47. The van der Waals surface area contributed by atoms with Crippen LogP contribution in [-0.2, 0) is 11.3 Å². The van der Waals surface area contributed by atoms with Gasteiger partial charge in [-0.25, -0.2) is 9.48 Å². The lowest BCUT2D eigenvalue weighted by atomic mass is 10.1. The van der Waals surface area contributed by atoms with Crippen molar-refractivity contribution in [1.29, 1.82) is 0 Å². The highest BCUT2D eigenvalue weighted by Gasteiger charge is 2.30. The van der Waals surface area contributed by atoms with Crippen LogP contribution in [0.3, 0.4) is 0 Å². The van der Waals surface area contributed by atoms with Crippen LogP contribution in [0.4, 0.5) is 0 Å². The van der Waals surface area contributed by atoms with E-state index in [9.17, 15) is 9.59 Å². The third-order valence-corrected chi connectivity index (χ3v) is 5.72. The summed E-state index contributed by atoms with van der Waals surface area (Å²) < 4.78 is 8.84. The number of amides is 1. The Bertz CT molecular complexity index is 1160. The molecule has 168 valence electrons. The number of nitrogens with one attached hydrogen (secondary N) is 1. The number of carbonyl (C=O) groups excluding carboxylic acids is 1. The predicted molar refractivity (Wildman–Crippen MR) is 124 cm³/mol. The van der Waals surface area contributed by atoms with Gasteiger partial charge in [-0.15, -0.1) is 5.10 Å². The van der Waals surface area contributed by atoms with Gasteiger partial charge >= 0.3 is 5.69 Å². The number of para-hydroxylation sites is 1. The molecule has 1 amide bonds. The monoisotopic (exact) mass is 454 g/mol. The Morgan fingerprint density at radius 1 is 1.19 bits per heavy atom. The van der Waals surface area contributed by atoms with E-state index in [1.54, 1.807) is 16.7 Å². The van der Waals surface area contributed by atoms with E-state index in [0.717, 1.165) is 35.3 Å². The Kier molecular flexibility index (Phi) is 6.37. The molecule has 1 aliphatic carbocycles. The molecule has 1 aliphatic rings. The highest BCUT2D eigenvalue weighted by molar-refractivity contribution is 6.30. The van der Waals surface area contributed by atoms with Crippen molar-refractivity contribution in [2.24, 2.45) is 0 Å². The highest BCUT2D eigenvalue weighted by Crippen LogP contribution is 2.36. The molecule has 0 bridgehead atoms. The summed E-state index contributed by atoms with van der Waals surface area (Å²) in [5.74, 6) is 1.11. The molecule has 1 heterocycles. The normalized spacial score (nSPS) is 14.2. The molecule has 2 aromatic carbocycles. The molecule has 0 aliphatic heterocycles. The zero-order valence-electron chi connectivity index (χ0n) is 18.5. The molecule has 1 unspecified atom stereocenters. The van der Waals surface area contributed by atoms with Crippen LogP contribution >= 0.6 is 11.6 Å². The van der Waals surface area contributed by atoms with Crippen LogP contribution in [0.2, 0.25) is 5.02 Å². The predicted octanol–water partition coefficient (Wildman–Crippen LogP) is 3.90. The zero-order chi connectivity index (χ0) is 22.8. The van der Waals surface area contributed by atoms with Crippen LogP contribution in [-0.4, -0.2) is 32.9 Å². The SMILES string of the molecule is Cc1cccc(C)c1OCC(C)NC(=O)Cn1nc(-c2ccc(Cl)cc2)n(C2CC2)c1=O. The Labute approximate surface area is 192 Å². The maximum atomic E-state index is 13.0. The van der Waals surface area contributed by atoms with Crippen molar-refractivity contribution < 1.29 is 9.53 Å². The summed E-state index contributed by atoms with van der Waals surface area (Å²) in [5, 5.41) is 7.98. The van der Waals surface area contributed by atoms with Crippen LogP contribution in [0.25, 0.3) is 11.4 Å². The molecular formula is C24H27ClN4O3. The van der Waals surface area contributed by atoms with Gasteiger partial charge in [-0.1, -0.05) is 29.8 Å². The molecule has 4 rings (SSSR count). The molecule has 0 saturated heterocycles. The summed E-state index contributed by atoms with van der Waals surface area (Å²) in [6.45, 7) is 6.04. The van der Waals surface area contributed by atoms with Crippen LogP contribution in [0.5, 0.6) is 5.75 Å². The molecule has 3 aromatic rings. The Balaban J connectivity index is 1.43. The first-order valence-corrected chi connectivity index (χ1v) is 11.1. The first-order chi connectivity index (χ1) is 15.3. The minimum absolute atomic E-state index is 0.134. The standard InChI is InChI=1S/C24H27ClN4O3/c1-15-5-4-6-16(2)22(15)32-14-17(3)26-21(30)13-28-24(31)29(20-11-12-20)23(27-28)18-7-9-19(25)10-8-18/h4-10,17,20H,11-14H2,1-3H3,(H,26,30). The number of hydrogen-bond acceptors (Lipinski definition) is 4. The molecule has 1 atom stereocenters. The van der Waals surface area contributed by atoms with E-state index in [-0.39, 0.29) is 30.2 Å². The van der Waals surface area contributed by atoms with Gasteiger partial charge in [-0.3, -0.25) is 9.36 Å². The summed E-state index contributed by atoms with van der Waals surface area (Å²) in [6.07, 6.45) is 1.87. The van der Waals surface area contributed by atoms with E-state index in [2.05, 4.69) is 10.4 Å². The van der Waals surface area contributed by atoms with E-state index >= 15 is 0 Å². The fourth-order valence-electron chi connectivity index (χ4n) is 3.71. The molecule has 32 heavy (non-hydrogen) atoms. The summed E-state index contributed by atoms with van der Waals surface area (Å²) in [7, 11) is 0. The second-order valence-corrected chi connectivity index (χ2v) is 8.81. The number of aromatic nitrogens is 3. The minimum atomic E-state index is -0.284. The molecular weight excluding hydrogens is 428 g/mol. The second-order valence-electron chi connectivity index (χ2n) is 8.37. The Morgan fingerprint density at radius 3 is 2.47 bits per heavy atom. The lowest BCUT2D eigenvalue weighted by Crippen LogP contribution is -2.40. The summed E-state index contributed by atoms with van der Waals surface area (Å²) in [4.78, 5) is 25.6. The number of hydrogen-bond donors (Lipinski definition) is 1. The number of benzene rings is 2. The van der Waals surface area contributed by atoms with E-state index in [1.807, 2.05) is 51.1 Å². The van der Waals surface area contributed by atoms with E-state index in [0.29, 0.717) is 17.5 Å². The molecule has 1 fully saturated rings. The van der Waals surface area contributed by atoms with Crippen molar-refractivity contribution in [3.8, 4) is 17.1 Å². The molecule has 1 aromatic heterocycles. The second kappa shape index (κ2) is 9.20. The quantitative estimate of drug-likeness (QED) is 0.560. The number of aryl methyl sites for hydroxylation is 2. The first-order valence-electron chi connectivity index (χ1n) is 10.8. The van der Waals surface area contributed by atoms with Crippen molar-refractivity contribution in [1.82, 2.24) is 19.7 Å². The summed E-state index contributed by atoms with van der Waals surface area (Å²) in [5.41, 5.74) is 2.63. The summed E-state index contributed by atoms with van der Waals surface area (Å²) >= 11 is 5.99. The van der Waals surface area contributed by atoms with Crippen molar-refractivity contribution in [2.75, 3.05) is 6.61 Å². The van der Waals surface area contributed by atoms with Gasteiger partial charge in [-0.05, 0) is 69.0 Å². The van der Waals surface area contributed by atoms with Gasteiger partial charge in [0.25, 0.3) is 0 Å². The van der Waals surface area contributed by atoms with Crippen molar-refractivity contribution >= 4 is 17.5 Å². The smallest absolute Gasteiger partial charge is 0.346 e. The lowest BCUT2D eigenvalue weighted by Gasteiger charge is -2.17. The Hall–Kier alpha value is -3.06. The van der Waals surface area contributed by atoms with Crippen molar-refractivity contribution in [2.45, 2.75) is 52.2 Å². The maximum absolute atomic E-state index is 13.0. The van der Waals surface area contributed by atoms with Crippen LogP contribution in [0.1, 0.15) is 36.9 Å². The number of halogens is 1. The average molecular weight is 455 g/mol. The van der Waals surface area contributed by atoms with Crippen LogP contribution in [0.15, 0.2) is 47.3 Å². The van der Waals surface area contributed by atoms with E-state index < -0.39 is 0 Å². The largest absolute Gasteiger partial charge is 0.491 e. The zero-order valence-corrected chi connectivity index (χ0v) is 19.2. The van der Waals surface area contributed by atoms with Gasteiger partial charge in [0.2, 0.25) is 5.91 Å². The van der Waals surface area contributed by atoms with E-state index in [1.165, 1.54) is 4.68 Å². The molecule has 8 heteroatoms. The first kappa shape index (κ1) is 22.1. The van der Waals surface area contributed by atoms with E-state index in [4.69, 9.17) is 16.3 Å². The molecule has 1 saturated carbocycles. The van der Waals surface area contributed by atoms with Crippen LogP contribution in [0, 0.1) is 13.8 Å². The third kappa shape index (κ3) is 4.88. The number of carbonyl (C=O) groups is 1. The van der Waals surface area contributed by atoms with Crippen LogP contribution < -0.4 is 15.7 Å². The fourth-order valence-corrected chi connectivity index (χ4v) is 3.84.